The summed E-state index contributed by atoms with van der Waals surface area (Å²) in [4.78, 5) is 15.8. The molecule has 2 amide bonds. The Morgan fingerprint density at radius 1 is 1.43 bits per heavy atom. The van der Waals surface area contributed by atoms with Crippen molar-refractivity contribution in [2.45, 2.75) is 19.5 Å². The van der Waals surface area contributed by atoms with Gasteiger partial charge in [-0.05, 0) is 24.2 Å². The molecular formula is C15H21ClN4O. The second-order valence-corrected chi connectivity index (χ2v) is 5.95. The molecule has 1 unspecified atom stereocenters. The minimum atomic E-state index is 0.0618. The molecule has 2 aliphatic rings. The first kappa shape index (κ1) is 14.5. The van der Waals surface area contributed by atoms with Crippen molar-refractivity contribution in [2.24, 2.45) is 0 Å². The van der Waals surface area contributed by atoms with E-state index in [2.05, 4.69) is 34.6 Å². The first-order valence-electron chi connectivity index (χ1n) is 7.47. The highest BCUT2D eigenvalue weighted by Crippen LogP contribution is 2.29. The summed E-state index contributed by atoms with van der Waals surface area (Å²) >= 11 is 6.45. The molecule has 0 radical (unpaired) electrons. The van der Waals surface area contributed by atoms with E-state index >= 15 is 0 Å². The third-order valence-electron chi connectivity index (χ3n) is 4.16. The normalized spacial score (nSPS) is 21.4. The highest BCUT2D eigenvalue weighted by Gasteiger charge is 2.35. The van der Waals surface area contributed by atoms with Crippen LogP contribution in [0.4, 0.5) is 10.5 Å². The molecule has 2 heterocycles. The first-order chi connectivity index (χ1) is 10.2. The number of nitrogens with one attached hydrogen (secondary N) is 2. The third kappa shape index (κ3) is 2.94. The number of piperazine rings is 1. The smallest absolute Gasteiger partial charge is 0.317 e. The van der Waals surface area contributed by atoms with Crippen LogP contribution in [0.15, 0.2) is 18.2 Å². The molecule has 0 bridgehead atoms. The van der Waals surface area contributed by atoms with Crippen LogP contribution in [0.5, 0.6) is 0 Å². The molecule has 0 aliphatic carbocycles. The number of carbonyl (C=O) groups excluding carboxylic acids is 1. The summed E-state index contributed by atoms with van der Waals surface area (Å²) in [6.45, 7) is 7.03. The van der Waals surface area contributed by atoms with Gasteiger partial charge < -0.3 is 20.4 Å². The predicted molar refractivity (Wildman–Crippen MR) is 84.9 cm³/mol. The maximum atomic E-state index is 11.6. The largest absolute Gasteiger partial charge is 0.366 e. The van der Waals surface area contributed by atoms with Gasteiger partial charge in [0.25, 0.3) is 0 Å². The summed E-state index contributed by atoms with van der Waals surface area (Å²) in [5.41, 5.74) is 2.26. The number of hydrogen-bond acceptors (Lipinski definition) is 3. The van der Waals surface area contributed by atoms with Crippen molar-refractivity contribution in [3.05, 3.63) is 28.8 Å². The van der Waals surface area contributed by atoms with Crippen LogP contribution in [0.2, 0.25) is 5.02 Å². The lowest BCUT2D eigenvalue weighted by molar-refractivity contribution is 0.197. The van der Waals surface area contributed by atoms with E-state index in [4.69, 9.17) is 11.6 Å². The van der Waals surface area contributed by atoms with Crippen molar-refractivity contribution in [3.63, 3.8) is 0 Å². The fraction of sp³-hybridized carbons (Fsp3) is 0.533. The Morgan fingerprint density at radius 2 is 2.29 bits per heavy atom. The Labute approximate surface area is 130 Å². The minimum Gasteiger partial charge on any atom is -0.366 e. The first-order valence-corrected chi connectivity index (χ1v) is 7.85. The zero-order chi connectivity index (χ0) is 14.8. The van der Waals surface area contributed by atoms with Gasteiger partial charge in [-0.25, -0.2) is 4.79 Å². The molecule has 114 valence electrons. The lowest BCUT2D eigenvalue weighted by Gasteiger charge is -2.38. The molecule has 21 heavy (non-hydrogen) atoms. The maximum absolute atomic E-state index is 11.6. The van der Waals surface area contributed by atoms with Gasteiger partial charge >= 0.3 is 6.03 Å². The minimum absolute atomic E-state index is 0.0618. The summed E-state index contributed by atoms with van der Waals surface area (Å²) < 4.78 is 0. The third-order valence-corrected chi connectivity index (χ3v) is 4.47. The van der Waals surface area contributed by atoms with Gasteiger partial charge in [-0.2, -0.15) is 0 Å². The van der Waals surface area contributed by atoms with Crippen LogP contribution < -0.4 is 15.5 Å². The van der Waals surface area contributed by atoms with Crippen molar-refractivity contribution < 1.29 is 4.79 Å². The Kier molecular flexibility index (Phi) is 4.22. The van der Waals surface area contributed by atoms with Crippen molar-refractivity contribution in [2.75, 3.05) is 37.6 Å². The molecule has 2 saturated heterocycles. The van der Waals surface area contributed by atoms with Gasteiger partial charge in [0.15, 0.2) is 0 Å². The van der Waals surface area contributed by atoms with E-state index in [0.29, 0.717) is 0 Å². The van der Waals surface area contributed by atoms with Gasteiger partial charge in [-0.15, -0.1) is 0 Å². The second kappa shape index (κ2) is 6.12. The molecule has 0 aromatic heterocycles. The van der Waals surface area contributed by atoms with E-state index in [0.717, 1.165) is 50.0 Å². The van der Waals surface area contributed by atoms with Gasteiger partial charge in [0.1, 0.15) is 0 Å². The number of benzene rings is 1. The molecule has 6 heteroatoms. The van der Waals surface area contributed by atoms with Gasteiger partial charge in [0.05, 0.1) is 16.8 Å². The summed E-state index contributed by atoms with van der Waals surface area (Å²) in [6.07, 6.45) is 0. The van der Waals surface area contributed by atoms with Gasteiger partial charge in [-0.3, -0.25) is 0 Å². The SMILES string of the molecule is CCNCc1ccc(N2CCN3C(=O)NCC3C2)c(Cl)c1. The number of anilines is 1. The Balaban J connectivity index is 1.71. The number of nitrogens with zero attached hydrogens (tertiary/aromatic N) is 2. The van der Waals surface area contributed by atoms with E-state index in [-0.39, 0.29) is 12.1 Å². The van der Waals surface area contributed by atoms with E-state index in [9.17, 15) is 4.79 Å². The summed E-state index contributed by atoms with van der Waals surface area (Å²) in [5, 5.41) is 6.99. The predicted octanol–water partition coefficient (Wildman–Crippen LogP) is 1.66. The number of amides is 2. The zero-order valence-corrected chi connectivity index (χ0v) is 13.0. The van der Waals surface area contributed by atoms with Crippen LogP contribution >= 0.6 is 11.6 Å². The van der Waals surface area contributed by atoms with E-state index in [1.807, 2.05) is 11.0 Å². The Bertz CT molecular complexity index is 536. The number of rotatable bonds is 4. The van der Waals surface area contributed by atoms with Crippen LogP contribution in [0, 0.1) is 0 Å². The Morgan fingerprint density at radius 3 is 3.05 bits per heavy atom. The number of urea groups is 1. The molecule has 2 aliphatic heterocycles. The highest BCUT2D eigenvalue weighted by molar-refractivity contribution is 6.33. The van der Waals surface area contributed by atoms with Crippen LogP contribution in [0.25, 0.3) is 0 Å². The lowest BCUT2D eigenvalue weighted by atomic mass is 10.1. The molecule has 2 fully saturated rings. The number of carbonyl (C=O) groups is 1. The average molecular weight is 309 g/mol. The van der Waals surface area contributed by atoms with Crippen molar-refractivity contribution in [3.8, 4) is 0 Å². The molecule has 1 atom stereocenters. The Hall–Kier alpha value is -1.46. The molecule has 5 nitrogen and oxygen atoms in total. The van der Waals surface area contributed by atoms with Crippen molar-refractivity contribution in [1.82, 2.24) is 15.5 Å². The van der Waals surface area contributed by atoms with Gasteiger partial charge in [0, 0.05) is 32.7 Å². The van der Waals surface area contributed by atoms with Gasteiger partial charge in [0.2, 0.25) is 0 Å². The summed E-state index contributed by atoms with van der Waals surface area (Å²) in [6, 6.07) is 6.56. The number of halogens is 1. The summed E-state index contributed by atoms with van der Waals surface area (Å²) in [7, 11) is 0. The molecule has 0 saturated carbocycles. The molecular weight excluding hydrogens is 288 g/mol. The fourth-order valence-electron chi connectivity index (χ4n) is 3.01. The van der Waals surface area contributed by atoms with Gasteiger partial charge in [-0.1, -0.05) is 24.6 Å². The lowest BCUT2D eigenvalue weighted by Crippen LogP contribution is -2.52. The topological polar surface area (TPSA) is 47.6 Å². The quantitative estimate of drug-likeness (QED) is 0.889. The van der Waals surface area contributed by atoms with Crippen molar-refractivity contribution >= 4 is 23.3 Å². The average Bonchev–Trinajstić information content (AvgIpc) is 2.86. The molecule has 3 rings (SSSR count). The van der Waals surface area contributed by atoms with E-state index in [1.54, 1.807) is 0 Å². The number of hydrogen-bond donors (Lipinski definition) is 2. The maximum Gasteiger partial charge on any atom is 0.317 e. The van der Waals surface area contributed by atoms with Crippen LogP contribution in [-0.2, 0) is 6.54 Å². The zero-order valence-electron chi connectivity index (χ0n) is 12.2. The monoisotopic (exact) mass is 308 g/mol. The highest BCUT2D eigenvalue weighted by atomic mass is 35.5. The molecule has 1 aromatic rings. The molecule has 2 N–H and O–H groups in total. The molecule has 0 spiro atoms. The molecule has 1 aromatic carbocycles. The second-order valence-electron chi connectivity index (χ2n) is 5.55. The fourth-order valence-corrected chi connectivity index (χ4v) is 3.33. The standard InChI is InChI=1S/C15H21ClN4O/c1-2-17-8-11-3-4-14(13(16)7-11)19-5-6-20-12(10-19)9-18-15(20)21/h3-4,7,12,17H,2,5-6,8-10H2,1H3,(H,18,21). The summed E-state index contributed by atoms with van der Waals surface area (Å²) in [5.74, 6) is 0. The van der Waals surface area contributed by atoms with Crippen LogP contribution in [0.3, 0.4) is 0 Å². The number of fused-ring (bicyclic) bond motifs is 1. The van der Waals surface area contributed by atoms with Crippen LogP contribution in [0.1, 0.15) is 12.5 Å². The van der Waals surface area contributed by atoms with Crippen LogP contribution in [-0.4, -0.2) is 49.7 Å². The van der Waals surface area contributed by atoms with E-state index < -0.39 is 0 Å². The van der Waals surface area contributed by atoms with E-state index in [1.165, 1.54) is 5.56 Å². The van der Waals surface area contributed by atoms with Crippen molar-refractivity contribution in [1.29, 1.82) is 0 Å².